The number of fused-ring (bicyclic) bond motifs is 7. The van der Waals surface area contributed by atoms with E-state index in [-0.39, 0.29) is 0 Å². The number of hydrogen-bond donors (Lipinski definition) is 0. The van der Waals surface area contributed by atoms with Crippen LogP contribution in [0, 0.1) is 0 Å². The van der Waals surface area contributed by atoms with Gasteiger partial charge < -0.3 is 4.57 Å². The van der Waals surface area contributed by atoms with E-state index >= 15 is 0 Å². The summed E-state index contributed by atoms with van der Waals surface area (Å²) in [6, 6.07) is 72.1. The van der Waals surface area contributed by atoms with E-state index in [9.17, 15) is 0 Å². The van der Waals surface area contributed by atoms with Gasteiger partial charge >= 0.3 is 0 Å². The van der Waals surface area contributed by atoms with Gasteiger partial charge in [-0.1, -0.05) is 158 Å². The van der Waals surface area contributed by atoms with Gasteiger partial charge in [0, 0.05) is 32.5 Å². The summed E-state index contributed by atoms with van der Waals surface area (Å²) in [6.07, 6.45) is 0. The predicted molar refractivity (Wildman–Crippen MR) is 227 cm³/mol. The zero-order valence-corrected chi connectivity index (χ0v) is 29.4. The lowest BCUT2D eigenvalue weighted by Crippen LogP contribution is -2.00. The van der Waals surface area contributed by atoms with E-state index in [0.717, 1.165) is 44.8 Å². The number of nitrogens with zero attached hydrogens (tertiary/aromatic N) is 3. The van der Waals surface area contributed by atoms with Crippen LogP contribution in [0.1, 0.15) is 0 Å². The summed E-state index contributed by atoms with van der Waals surface area (Å²) < 4.78 is 4.79. The molecule has 0 aliphatic carbocycles. The fourth-order valence-electron chi connectivity index (χ4n) is 8.39. The van der Waals surface area contributed by atoms with E-state index in [1.165, 1.54) is 54.6 Å². The molecule has 0 amide bonds. The summed E-state index contributed by atoms with van der Waals surface area (Å²) in [7, 11) is 0. The van der Waals surface area contributed by atoms with Crippen LogP contribution in [-0.2, 0) is 0 Å². The molecule has 0 bridgehead atoms. The number of hydrogen-bond acceptors (Lipinski definition) is 1. The van der Waals surface area contributed by atoms with Crippen LogP contribution in [0.5, 0.6) is 0 Å². The van der Waals surface area contributed by atoms with Gasteiger partial charge in [-0.2, -0.15) is 0 Å². The van der Waals surface area contributed by atoms with Crippen molar-refractivity contribution in [2.24, 2.45) is 0 Å². The fraction of sp³-hybridized carbons (Fsp3) is 0. The summed E-state index contributed by atoms with van der Waals surface area (Å²) in [5.74, 6) is 0.894. The van der Waals surface area contributed by atoms with E-state index in [1.807, 2.05) is 0 Å². The SMILES string of the molecule is c1ccc(-c2cc(-c3ccccc3)nc(-n3c4ccccc4c4ccc(-c5ccc6c7ccccc7n(-c7cccc8ccccc78)c6c5)cc43)c2)cc1. The van der Waals surface area contributed by atoms with Crippen molar-refractivity contribution in [1.29, 1.82) is 0 Å². The van der Waals surface area contributed by atoms with E-state index in [4.69, 9.17) is 4.98 Å². The Balaban J connectivity index is 1.15. The van der Waals surface area contributed by atoms with Crippen LogP contribution in [0.15, 0.2) is 200 Å². The quantitative estimate of drug-likeness (QED) is 0.177. The normalized spacial score (nSPS) is 11.7. The minimum atomic E-state index is 0.894. The second-order valence-corrected chi connectivity index (χ2v) is 14.0. The molecule has 11 rings (SSSR count). The van der Waals surface area contributed by atoms with Gasteiger partial charge in [-0.3, -0.25) is 4.57 Å². The molecule has 0 aliphatic rings. The second-order valence-electron chi connectivity index (χ2n) is 14.0. The Morgan fingerprint density at radius 1 is 0.296 bits per heavy atom. The highest BCUT2D eigenvalue weighted by atomic mass is 15.1. The topological polar surface area (TPSA) is 22.8 Å². The third-order valence-corrected chi connectivity index (χ3v) is 10.9. The van der Waals surface area contributed by atoms with E-state index in [2.05, 4.69) is 209 Å². The minimum absolute atomic E-state index is 0.894. The van der Waals surface area contributed by atoms with Crippen molar-refractivity contribution in [2.75, 3.05) is 0 Å². The highest BCUT2D eigenvalue weighted by Crippen LogP contribution is 2.39. The Labute approximate surface area is 312 Å². The van der Waals surface area contributed by atoms with Crippen molar-refractivity contribution in [3.05, 3.63) is 200 Å². The van der Waals surface area contributed by atoms with Gasteiger partial charge in [0.25, 0.3) is 0 Å². The van der Waals surface area contributed by atoms with Crippen molar-refractivity contribution in [3.8, 4) is 45.0 Å². The predicted octanol–water partition coefficient (Wildman–Crippen LogP) is 13.4. The Hall–Kier alpha value is -7.23. The molecule has 8 aromatic carbocycles. The standard InChI is InChI=1S/C51H33N3/c1-3-14-34(15-4-1)39-30-45(36-17-5-2-6-18-36)52-51(33-39)54-48-24-12-10-22-42(48)44-29-27-38(32-50(44)54)37-26-28-43-41-21-9-11-23-47(41)53(49(43)31-37)46-25-13-19-35-16-7-8-20-40(35)46/h1-33H. The first-order valence-electron chi connectivity index (χ1n) is 18.5. The second kappa shape index (κ2) is 12.2. The van der Waals surface area contributed by atoms with E-state index in [0.29, 0.717) is 0 Å². The lowest BCUT2D eigenvalue weighted by Gasteiger charge is -2.14. The van der Waals surface area contributed by atoms with Gasteiger partial charge in [-0.25, -0.2) is 4.98 Å². The van der Waals surface area contributed by atoms with Gasteiger partial charge in [0.05, 0.1) is 33.4 Å². The zero-order valence-electron chi connectivity index (χ0n) is 29.4. The molecule has 3 heterocycles. The first kappa shape index (κ1) is 30.4. The lowest BCUT2D eigenvalue weighted by atomic mass is 10.0. The zero-order chi connectivity index (χ0) is 35.6. The number of pyridine rings is 1. The summed E-state index contributed by atoms with van der Waals surface area (Å²) in [5.41, 5.74) is 12.5. The molecular weight excluding hydrogens is 655 g/mol. The number of aromatic nitrogens is 3. The van der Waals surface area contributed by atoms with Gasteiger partial charge in [0.1, 0.15) is 5.82 Å². The van der Waals surface area contributed by atoms with E-state index < -0.39 is 0 Å². The Morgan fingerprint density at radius 3 is 1.50 bits per heavy atom. The molecular formula is C51H33N3. The summed E-state index contributed by atoms with van der Waals surface area (Å²) in [6.45, 7) is 0. The molecule has 0 spiro atoms. The molecule has 0 aliphatic heterocycles. The Bertz CT molecular complexity index is 3140. The highest BCUT2D eigenvalue weighted by molar-refractivity contribution is 6.13. The first-order chi connectivity index (χ1) is 26.8. The maximum atomic E-state index is 5.37. The molecule has 3 aromatic heterocycles. The molecule has 0 saturated carbocycles. The van der Waals surface area contributed by atoms with Crippen molar-refractivity contribution in [1.82, 2.24) is 14.1 Å². The van der Waals surface area contributed by atoms with E-state index in [1.54, 1.807) is 0 Å². The van der Waals surface area contributed by atoms with Crippen LogP contribution in [0.4, 0.5) is 0 Å². The summed E-state index contributed by atoms with van der Waals surface area (Å²) in [4.78, 5) is 5.37. The average molecular weight is 688 g/mol. The van der Waals surface area contributed by atoms with Crippen LogP contribution >= 0.6 is 0 Å². The molecule has 3 nitrogen and oxygen atoms in total. The molecule has 252 valence electrons. The molecule has 0 fully saturated rings. The Kier molecular flexibility index (Phi) is 6.86. The number of benzene rings is 8. The van der Waals surface area contributed by atoms with Crippen molar-refractivity contribution in [3.63, 3.8) is 0 Å². The molecule has 0 saturated heterocycles. The highest BCUT2D eigenvalue weighted by Gasteiger charge is 2.18. The first-order valence-corrected chi connectivity index (χ1v) is 18.5. The average Bonchev–Trinajstić information content (AvgIpc) is 3.76. The van der Waals surface area contributed by atoms with Gasteiger partial charge in [-0.05, 0) is 70.1 Å². The summed E-state index contributed by atoms with van der Waals surface area (Å²) in [5, 5.41) is 7.37. The smallest absolute Gasteiger partial charge is 0.138 e. The van der Waals surface area contributed by atoms with Crippen LogP contribution in [0.2, 0.25) is 0 Å². The van der Waals surface area contributed by atoms with Crippen LogP contribution < -0.4 is 0 Å². The fourth-order valence-corrected chi connectivity index (χ4v) is 8.39. The molecule has 54 heavy (non-hydrogen) atoms. The van der Waals surface area contributed by atoms with Crippen molar-refractivity contribution >= 4 is 54.4 Å². The molecule has 0 radical (unpaired) electrons. The molecule has 11 aromatic rings. The number of para-hydroxylation sites is 2. The van der Waals surface area contributed by atoms with Crippen LogP contribution in [-0.4, -0.2) is 14.1 Å². The van der Waals surface area contributed by atoms with Crippen LogP contribution in [0.25, 0.3) is 99.4 Å². The third kappa shape index (κ3) is 4.79. The Morgan fingerprint density at radius 2 is 0.815 bits per heavy atom. The summed E-state index contributed by atoms with van der Waals surface area (Å²) >= 11 is 0. The third-order valence-electron chi connectivity index (χ3n) is 10.9. The molecule has 3 heteroatoms. The molecule has 0 atom stereocenters. The van der Waals surface area contributed by atoms with Crippen LogP contribution in [0.3, 0.4) is 0 Å². The monoisotopic (exact) mass is 687 g/mol. The van der Waals surface area contributed by atoms with Gasteiger partial charge in [-0.15, -0.1) is 0 Å². The maximum absolute atomic E-state index is 5.37. The van der Waals surface area contributed by atoms with Gasteiger partial charge in [0.2, 0.25) is 0 Å². The number of rotatable bonds is 5. The van der Waals surface area contributed by atoms with Gasteiger partial charge in [0.15, 0.2) is 0 Å². The maximum Gasteiger partial charge on any atom is 0.138 e. The minimum Gasteiger partial charge on any atom is -0.309 e. The molecule has 0 N–H and O–H groups in total. The van der Waals surface area contributed by atoms with Crippen molar-refractivity contribution in [2.45, 2.75) is 0 Å². The van der Waals surface area contributed by atoms with Crippen molar-refractivity contribution < 1.29 is 0 Å². The largest absolute Gasteiger partial charge is 0.309 e. The molecule has 0 unspecified atom stereocenters. The lowest BCUT2D eigenvalue weighted by molar-refractivity contribution is 1.08.